The van der Waals surface area contributed by atoms with Crippen LogP contribution in [0.2, 0.25) is 10.0 Å². The topological polar surface area (TPSA) is 81.2 Å². The van der Waals surface area contributed by atoms with Gasteiger partial charge in [-0.25, -0.2) is 17.6 Å². The number of nitrogens with zero attached hydrogens (tertiary/aromatic N) is 3. The molecule has 1 saturated carbocycles. The highest BCUT2D eigenvalue weighted by Crippen LogP contribution is 2.57. The molecule has 1 aromatic heterocycles. The summed E-state index contributed by atoms with van der Waals surface area (Å²) in [4.78, 5) is 26.2. The molecule has 2 N–H and O–H groups in total. The molecule has 2 aromatic rings. The summed E-state index contributed by atoms with van der Waals surface area (Å²) in [6.45, 7) is 0.198. The summed E-state index contributed by atoms with van der Waals surface area (Å²) < 4.78 is 55.1. The summed E-state index contributed by atoms with van der Waals surface area (Å²) >= 11 is 12.0. The van der Waals surface area contributed by atoms with Gasteiger partial charge in [-0.2, -0.15) is 5.10 Å². The van der Waals surface area contributed by atoms with Crippen molar-refractivity contribution >= 4 is 35.0 Å². The number of hydrogen-bond acceptors (Lipinski definition) is 3. The van der Waals surface area contributed by atoms with Gasteiger partial charge in [-0.15, -0.1) is 0 Å². The third-order valence-corrected chi connectivity index (χ3v) is 6.70. The summed E-state index contributed by atoms with van der Waals surface area (Å²) in [6.07, 6.45) is -5.78. The maximum atomic E-state index is 13.5. The quantitative estimate of drug-likeness (QED) is 0.629. The molecule has 0 atom stereocenters. The Morgan fingerprint density at radius 1 is 1.16 bits per heavy atom. The standard InChI is InChI=1S/C20H18Cl2F4N4O2/c21-11-2-1-10(5-12(11)22)16-15(17(27)32)13-7-29(3-4-30(13)28-16)14(31)6-19(18(23)24)8-20(25,26)9-19/h1-2,5,18H,3-4,6-9H2,(H2,27,32). The van der Waals surface area contributed by atoms with Gasteiger partial charge in [0, 0.05) is 31.4 Å². The van der Waals surface area contributed by atoms with E-state index in [1.54, 1.807) is 6.07 Å². The van der Waals surface area contributed by atoms with Crippen LogP contribution in [0.4, 0.5) is 17.6 Å². The predicted octanol–water partition coefficient (Wildman–Crippen LogP) is 4.37. The number of alkyl halides is 4. The maximum absolute atomic E-state index is 13.5. The minimum absolute atomic E-state index is 0.0691. The average Bonchev–Trinajstić information content (AvgIpc) is 3.07. The van der Waals surface area contributed by atoms with Gasteiger partial charge in [0.2, 0.25) is 18.3 Å². The van der Waals surface area contributed by atoms with Crippen LogP contribution in [0.25, 0.3) is 11.3 Å². The number of aromatic nitrogens is 2. The van der Waals surface area contributed by atoms with E-state index < -0.39 is 48.8 Å². The van der Waals surface area contributed by atoms with E-state index in [0.29, 0.717) is 16.3 Å². The molecule has 0 bridgehead atoms. The van der Waals surface area contributed by atoms with E-state index >= 15 is 0 Å². The fourth-order valence-electron chi connectivity index (χ4n) is 4.38. The lowest BCUT2D eigenvalue weighted by atomic mass is 9.64. The summed E-state index contributed by atoms with van der Waals surface area (Å²) in [5.74, 6) is -4.66. The molecule has 2 heterocycles. The minimum Gasteiger partial charge on any atom is -0.365 e. The molecule has 12 heteroatoms. The molecule has 6 nitrogen and oxygen atoms in total. The second-order valence-corrected chi connectivity index (χ2v) is 9.07. The molecule has 0 spiro atoms. The van der Waals surface area contributed by atoms with Crippen LogP contribution in [0.15, 0.2) is 18.2 Å². The lowest BCUT2D eigenvalue weighted by molar-refractivity contribution is -0.215. The molecule has 4 rings (SSSR count). The number of hydrogen-bond donors (Lipinski definition) is 1. The minimum atomic E-state index is -3.19. The number of benzene rings is 1. The zero-order valence-corrected chi connectivity index (χ0v) is 18.1. The van der Waals surface area contributed by atoms with Crippen molar-refractivity contribution in [3.05, 3.63) is 39.5 Å². The third kappa shape index (κ3) is 3.94. The summed E-state index contributed by atoms with van der Waals surface area (Å²) in [6, 6.07) is 4.67. The Kier molecular flexibility index (Phi) is 5.65. The molecular weight excluding hydrogens is 475 g/mol. The molecule has 1 aliphatic carbocycles. The highest BCUT2D eigenvalue weighted by atomic mass is 35.5. The van der Waals surface area contributed by atoms with Gasteiger partial charge in [0.25, 0.3) is 5.91 Å². The van der Waals surface area contributed by atoms with Gasteiger partial charge in [0.1, 0.15) is 5.69 Å². The van der Waals surface area contributed by atoms with E-state index in [9.17, 15) is 27.2 Å². The third-order valence-electron chi connectivity index (χ3n) is 5.96. The van der Waals surface area contributed by atoms with Crippen molar-refractivity contribution in [2.75, 3.05) is 6.54 Å². The van der Waals surface area contributed by atoms with E-state index in [4.69, 9.17) is 28.9 Å². The first kappa shape index (κ1) is 22.8. The average molecular weight is 493 g/mol. The zero-order valence-electron chi connectivity index (χ0n) is 16.6. The van der Waals surface area contributed by atoms with E-state index in [1.807, 2.05) is 0 Å². The lowest BCUT2D eigenvalue weighted by Crippen LogP contribution is -2.53. The van der Waals surface area contributed by atoms with Crippen LogP contribution in [0, 0.1) is 5.41 Å². The van der Waals surface area contributed by atoms with Crippen LogP contribution in [-0.2, 0) is 17.9 Å². The fraction of sp³-hybridized carbons (Fsp3) is 0.450. The van der Waals surface area contributed by atoms with Crippen molar-refractivity contribution < 1.29 is 27.2 Å². The molecule has 0 unspecified atom stereocenters. The first-order chi connectivity index (χ1) is 14.9. The number of halogens is 6. The molecule has 0 radical (unpaired) electrons. The Balaban J connectivity index is 1.61. The van der Waals surface area contributed by atoms with Crippen LogP contribution in [0.1, 0.15) is 35.3 Å². The maximum Gasteiger partial charge on any atom is 0.252 e. The van der Waals surface area contributed by atoms with Gasteiger partial charge in [-0.3, -0.25) is 14.3 Å². The molecule has 1 aliphatic heterocycles. The summed E-state index contributed by atoms with van der Waals surface area (Å²) in [5, 5.41) is 4.97. The van der Waals surface area contributed by atoms with Gasteiger partial charge >= 0.3 is 0 Å². The van der Waals surface area contributed by atoms with Crippen molar-refractivity contribution in [3.63, 3.8) is 0 Å². The Bertz CT molecular complexity index is 1100. The molecule has 2 amide bonds. The smallest absolute Gasteiger partial charge is 0.252 e. The Hall–Kier alpha value is -2.33. The monoisotopic (exact) mass is 492 g/mol. The largest absolute Gasteiger partial charge is 0.365 e. The molecule has 1 aromatic carbocycles. The van der Waals surface area contributed by atoms with Crippen LogP contribution in [0.3, 0.4) is 0 Å². The van der Waals surface area contributed by atoms with Gasteiger partial charge in [0.15, 0.2) is 0 Å². The Morgan fingerprint density at radius 3 is 2.41 bits per heavy atom. The van der Waals surface area contributed by atoms with Crippen molar-refractivity contribution in [1.29, 1.82) is 0 Å². The highest BCUT2D eigenvalue weighted by Gasteiger charge is 2.62. The van der Waals surface area contributed by atoms with Gasteiger partial charge < -0.3 is 10.6 Å². The SMILES string of the molecule is NC(=O)c1c(-c2ccc(Cl)c(Cl)c2)nn2c1CN(C(=O)CC1(C(F)F)CC(F)(F)C1)CC2. The van der Waals surface area contributed by atoms with Gasteiger partial charge in [-0.05, 0) is 12.1 Å². The molecule has 32 heavy (non-hydrogen) atoms. The van der Waals surface area contributed by atoms with Gasteiger partial charge in [0.05, 0.1) is 39.8 Å². The number of amides is 2. The van der Waals surface area contributed by atoms with E-state index in [2.05, 4.69) is 5.10 Å². The number of fused-ring (bicyclic) bond motifs is 1. The van der Waals surface area contributed by atoms with Crippen LogP contribution < -0.4 is 5.73 Å². The van der Waals surface area contributed by atoms with Gasteiger partial charge in [-0.1, -0.05) is 29.3 Å². The summed E-state index contributed by atoms with van der Waals surface area (Å²) in [7, 11) is 0. The second kappa shape index (κ2) is 7.91. The second-order valence-electron chi connectivity index (χ2n) is 8.25. The van der Waals surface area contributed by atoms with Crippen LogP contribution in [-0.4, -0.2) is 45.4 Å². The molecule has 0 saturated heterocycles. The normalized spacial score (nSPS) is 18.9. The lowest BCUT2D eigenvalue weighted by Gasteiger charge is -2.47. The predicted molar refractivity (Wildman–Crippen MR) is 109 cm³/mol. The van der Waals surface area contributed by atoms with Crippen LogP contribution in [0.5, 0.6) is 0 Å². The number of primary amides is 1. The zero-order chi connectivity index (χ0) is 23.4. The molecule has 2 aliphatic rings. The Labute approximate surface area is 190 Å². The van der Waals surface area contributed by atoms with Crippen molar-refractivity contribution in [3.8, 4) is 11.3 Å². The first-order valence-corrected chi connectivity index (χ1v) is 10.5. The first-order valence-electron chi connectivity index (χ1n) is 9.71. The number of nitrogens with two attached hydrogens (primary N) is 1. The number of rotatable bonds is 5. The van der Waals surface area contributed by atoms with E-state index in [-0.39, 0.29) is 35.9 Å². The van der Waals surface area contributed by atoms with Crippen molar-refractivity contribution in [1.82, 2.24) is 14.7 Å². The number of carbonyl (C=O) groups is 2. The molecule has 172 valence electrons. The van der Waals surface area contributed by atoms with E-state index in [0.717, 1.165) is 0 Å². The number of carbonyl (C=O) groups excluding carboxylic acids is 2. The Morgan fingerprint density at radius 2 is 1.84 bits per heavy atom. The van der Waals surface area contributed by atoms with Crippen molar-refractivity contribution in [2.45, 2.75) is 44.7 Å². The highest BCUT2D eigenvalue weighted by molar-refractivity contribution is 6.42. The molecular formula is C20H18Cl2F4N4O2. The van der Waals surface area contributed by atoms with Crippen LogP contribution >= 0.6 is 23.2 Å². The van der Waals surface area contributed by atoms with E-state index in [1.165, 1.54) is 21.7 Å². The van der Waals surface area contributed by atoms with Crippen molar-refractivity contribution in [2.24, 2.45) is 11.1 Å². The molecule has 1 fully saturated rings. The summed E-state index contributed by atoms with van der Waals surface area (Å²) in [5.41, 5.74) is 4.69. The fourth-order valence-corrected chi connectivity index (χ4v) is 4.68.